The van der Waals surface area contributed by atoms with Gasteiger partial charge in [0.1, 0.15) is 6.10 Å². The zero-order chi connectivity index (χ0) is 17.6. The fourth-order valence-electron chi connectivity index (χ4n) is 4.69. The van der Waals surface area contributed by atoms with Crippen LogP contribution < -0.4 is 5.32 Å². The first-order chi connectivity index (χ1) is 11.9. The number of amides is 1. The molecule has 3 saturated heterocycles. The van der Waals surface area contributed by atoms with Gasteiger partial charge in [0.15, 0.2) is 0 Å². The van der Waals surface area contributed by atoms with E-state index in [2.05, 4.69) is 58.2 Å². The summed E-state index contributed by atoms with van der Waals surface area (Å²) in [6.07, 6.45) is 4.22. The summed E-state index contributed by atoms with van der Waals surface area (Å²) in [5, 5.41) is 3.20. The number of alkyl carbamates (subject to hydrolysis) is 1. The Morgan fingerprint density at radius 3 is 2.76 bits per heavy atom. The number of carbonyl (C=O) groups excluding carboxylic acids is 1. The van der Waals surface area contributed by atoms with Crippen LogP contribution in [0.5, 0.6) is 0 Å². The van der Waals surface area contributed by atoms with Gasteiger partial charge in [-0.05, 0) is 73.4 Å². The lowest BCUT2D eigenvalue weighted by molar-refractivity contribution is -0.0353. The van der Waals surface area contributed by atoms with Crippen LogP contribution in [-0.2, 0) is 11.2 Å². The number of hydrogen-bond acceptors (Lipinski definition) is 3. The molecule has 3 fully saturated rings. The van der Waals surface area contributed by atoms with Crippen LogP contribution in [-0.4, -0.2) is 36.7 Å². The number of hydrogen-bond donors (Lipinski definition) is 1. The molecule has 4 aliphatic rings. The number of fused-ring (bicyclic) bond motifs is 4. The molecule has 136 valence electrons. The highest BCUT2D eigenvalue weighted by molar-refractivity contribution is 9.10. The van der Waals surface area contributed by atoms with Crippen LogP contribution in [0.3, 0.4) is 0 Å². The molecule has 25 heavy (non-hydrogen) atoms. The third-order valence-electron chi connectivity index (χ3n) is 6.36. The van der Waals surface area contributed by atoms with Gasteiger partial charge in [-0.3, -0.25) is 4.90 Å². The Bertz CT molecular complexity index is 668. The predicted octanol–water partition coefficient (Wildman–Crippen LogP) is 4.28. The standard InChI is InChI=1S/C20H27BrN2O2/c1-20(2)8-5-13-3-4-15(21)11-16(13)18(20)22-19(24)25-17-12-23-9-6-14(17)7-10-23/h3-4,11,14,17-18H,5-10,12H2,1-2H3,(H,22,24)/t17-,18?/m0/s1. The second-order valence-corrected chi connectivity index (χ2v) is 9.41. The van der Waals surface area contributed by atoms with Crippen molar-refractivity contribution in [3.63, 3.8) is 0 Å². The molecule has 1 aromatic rings. The van der Waals surface area contributed by atoms with E-state index in [1.807, 2.05) is 0 Å². The van der Waals surface area contributed by atoms with Crippen molar-refractivity contribution >= 4 is 22.0 Å². The van der Waals surface area contributed by atoms with Crippen molar-refractivity contribution in [2.45, 2.75) is 51.7 Å². The van der Waals surface area contributed by atoms with E-state index < -0.39 is 0 Å². The maximum atomic E-state index is 12.7. The largest absolute Gasteiger partial charge is 0.445 e. The van der Waals surface area contributed by atoms with Crippen molar-refractivity contribution in [2.24, 2.45) is 11.3 Å². The fourth-order valence-corrected chi connectivity index (χ4v) is 5.07. The maximum Gasteiger partial charge on any atom is 0.407 e. The molecule has 0 spiro atoms. The highest BCUT2D eigenvalue weighted by atomic mass is 79.9. The van der Waals surface area contributed by atoms with Crippen LogP contribution in [0.2, 0.25) is 0 Å². The Morgan fingerprint density at radius 2 is 2.08 bits per heavy atom. The number of aryl methyl sites for hydroxylation is 1. The monoisotopic (exact) mass is 406 g/mol. The average molecular weight is 407 g/mol. The summed E-state index contributed by atoms with van der Waals surface area (Å²) in [5.74, 6) is 0.538. The van der Waals surface area contributed by atoms with Crippen LogP contribution in [0.25, 0.3) is 0 Å². The summed E-state index contributed by atoms with van der Waals surface area (Å²) < 4.78 is 6.92. The van der Waals surface area contributed by atoms with Gasteiger partial charge in [-0.15, -0.1) is 0 Å². The zero-order valence-corrected chi connectivity index (χ0v) is 16.6. The van der Waals surface area contributed by atoms with Gasteiger partial charge in [-0.2, -0.15) is 0 Å². The minimum Gasteiger partial charge on any atom is -0.445 e. The molecule has 1 aliphatic carbocycles. The number of carbonyl (C=O) groups is 1. The van der Waals surface area contributed by atoms with Crippen LogP contribution >= 0.6 is 15.9 Å². The number of piperidine rings is 3. The lowest BCUT2D eigenvalue weighted by atomic mass is 9.70. The van der Waals surface area contributed by atoms with E-state index in [-0.39, 0.29) is 23.7 Å². The summed E-state index contributed by atoms with van der Waals surface area (Å²) in [6, 6.07) is 6.39. The van der Waals surface area contributed by atoms with Crippen LogP contribution in [0, 0.1) is 11.3 Å². The third-order valence-corrected chi connectivity index (χ3v) is 6.85. The first-order valence-electron chi connectivity index (χ1n) is 9.40. The smallest absolute Gasteiger partial charge is 0.407 e. The van der Waals surface area contributed by atoms with Gasteiger partial charge in [-0.1, -0.05) is 35.8 Å². The molecule has 5 heteroatoms. The van der Waals surface area contributed by atoms with E-state index in [0.717, 1.165) is 49.8 Å². The van der Waals surface area contributed by atoms with E-state index in [1.54, 1.807) is 0 Å². The van der Waals surface area contributed by atoms with E-state index >= 15 is 0 Å². The maximum absolute atomic E-state index is 12.7. The summed E-state index contributed by atoms with van der Waals surface area (Å²) >= 11 is 3.57. The van der Waals surface area contributed by atoms with Gasteiger partial charge in [-0.25, -0.2) is 4.79 Å². The van der Waals surface area contributed by atoms with Crippen LogP contribution in [0.1, 0.15) is 50.3 Å². The van der Waals surface area contributed by atoms with E-state index in [4.69, 9.17) is 4.74 Å². The molecule has 1 aromatic carbocycles. The van der Waals surface area contributed by atoms with Gasteiger partial charge in [0.2, 0.25) is 0 Å². The summed E-state index contributed by atoms with van der Waals surface area (Å²) in [5.41, 5.74) is 2.56. The molecule has 1 amide bonds. The van der Waals surface area contributed by atoms with Crippen molar-refractivity contribution in [3.8, 4) is 0 Å². The Labute approximate surface area is 158 Å². The average Bonchev–Trinajstić information content (AvgIpc) is 2.59. The SMILES string of the molecule is CC1(C)CCc2ccc(Br)cc2C1NC(=O)O[C@H]1CN2CCC1CC2. The van der Waals surface area contributed by atoms with Crippen molar-refractivity contribution in [1.29, 1.82) is 0 Å². The second-order valence-electron chi connectivity index (χ2n) is 8.49. The lowest BCUT2D eigenvalue weighted by Gasteiger charge is -2.44. The number of benzene rings is 1. The highest BCUT2D eigenvalue weighted by Gasteiger charge is 2.40. The Balaban J connectivity index is 1.49. The number of halogens is 1. The summed E-state index contributed by atoms with van der Waals surface area (Å²) in [7, 11) is 0. The van der Waals surface area contributed by atoms with Crippen molar-refractivity contribution in [1.82, 2.24) is 10.2 Å². The third kappa shape index (κ3) is 3.45. The minimum absolute atomic E-state index is 0.0117. The first-order valence-corrected chi connectivity index (χ1v) is 10.2. The predicted molar refractivity (Wildman–Crippen MR) is 102 cm³/mol. The number of nitrogens with zero attached hydrogens (tertiary/aromatic N) is 1. The molecule has 1 unspecified atom stereocenters. The lowest BCUT2D eigenvalue weighted by Crippen LogP contribution is -2.53. The summed E-state index contributed by atoms with van der Waals surface area (Å²) in [4.78, 5) is 15.1. The van der Waals surface area contributed by atoms with E-state index in [0.29, 0.717) is 5.92 Å². The van der Waals surface area contributed by atoms with Crippen molar-refractivity contribution in [2.75, 3.05) is 19.6 Å². The Morgan fingerprint density at radius 1 is 1.32 bits per heavy atom. The zero-order valence-electron chi connectivity index (χ0n) is 15.1. The molecule has 3 aliphatic heterocycles. The van der Waals surface area contributed by atoms with Crippen molar-refractivity contribution in [3.05, 3.63) is 33.8 Å². The second kappa shape index (κ2) is 6.58. The van der Waals surface area contributed by atoms with Crippen molar-refractivity contribution < 1.29 is 9.53 Å². The number of nitrogens with one attached hydrogen (secondary N) is 1. The van der Waals surface area contributed by atoms with Crippen LogP contribution in [0.4, 0.5) is 4.79 Å². The van der Waals surface area contributed by atoms with E-state index in [1.165, 1.54) is 11.1 Å². The normalized spacial score (nSPS) is 32.8. The molecule has 3 heterocycles. The molecule has 2 bridgehead atoms. The Kier molecular flexibility index (Phi) is 4.57. The molecular formula is C20H27BrN2O2. The Hall–Kier alpha value is -1.07. The molecular weight excluding hydrogens is 380 g/mol. The van der Waals surface area contributed by atoms with Gasteiger partial charge in [0.25, 0.3) is 0 Å². The summed E-state index contributed by atoms with van der Waals surface area (Å²) in [6.45, 7) is 7.67. The minimum atomic E-state index is -0.260. The molecule has 0 saturated carbocycles. The molecule has 1 N–H and O–H groups in total. The van der Waals surface area contributed by atoms with E-state index in [9.17, 15) is 4.79 Å². The number of rotatable bonds is 2. The quantitative estimate of drug-likeness (QED) is 0.796. The molecule has 4 nitrogen and oxygen atoms in total. The number of ether oxygens (including phenoxy) is 1. The molecule has 0 radical (unpaired) electrons. The first kappa shape index (κ1) is 17.3. The molecule has 2 atom stereocenters. The topological polar surface area (TPSA) is 41.6 Å². The van der Waals surface area contributed by atoms with Crippen LogP contribution in [0.15, 0.2) is 22.7 Å². The van der Waals surface area contributed by atoms with Gasteiger partial charge < -0.3 is 10.1 Å². The highest BCUT2D eigenvalue weighted by Crippen LogP contribution is 2.44. The fraction of sp³-hybridized carbons (Fsp3) is 0.650. The van der Waals surface area contributed by atoms with Gasteiger partial charge >= 0.3 is 6.09 Å². The molecule has 5 rings (SSSR count). The molecule has 0 aromatic heterocycles. The van der Waals surface area contributed by atoms with Gasteiger partial charge in [0, 0.05) is 11.0 Å². The van der Waals surface area contributed by atoms with Gasteiger partial charge in [0.05, 0.1) is 6.04 Å².